The quantitative estimate of drug-likeness (QED) is 0.370. The zero-order valence-electron chi connectivity index (χ0n) is 17.3. The van der Waals surface area contributed by atoms with Gasteiger partial charge >= 0.3 is 0 Å². The third-order valence-corrected chi connectivity index (χ3v) is 6.53. The zero-order valence-corrected chi connectivity index (χ0v) is 20.5. The number of rotatable bonds is 9. The molecule has 0 radical (unpaired) electrons. The van der Waals surface area contributed by atoms with E-state index in [1.54, 1.807) is 6.07 Å². The Morgan fingerprint density at radius 1 is 1.32 bits per heavy atom. The number of carbonyl (C=O) groups excluding carboxylic acids is 1. The van der Waals surface area contributed by atoms with Crippen molar-refractivity contribution in [1.29, 1.82) is 0 Å². The Labute approximate surface area is 199 Å². The standard InChI is InChI=1S/C23H24BrClN2O3S/c1-3-15(2)27(23(29)16-5-4-6-18(24)9-16)11-17-10-19(25)7-8-21(17)30-13-22-26-20(12-28)14-31-22/h4-10,14-15,28H,3,11-13H2,1-2H3/t15-/m1/s1. The molecule has 5 nitrogen and oxygen atoms in total. The van der Waals surface area contributed by atoms with Crippen LogP contribution in [0.2, 0.25) is 5.02 Å². The molecule has 0 unspecified atom stereocenters. The number of halogens is 2. The van der Waals surface area contributed by atoms with Gasteiger partial charge in [-0.25, -0.2) is 4.98 Å². The number of amides is 1. The Balaban J connectivity index is 1.84. The molecule has 31 heavy (non-hydrogen) atoms. The maximum absolute atomic E-state index is 13.3. The van der Waals surface area contributed by atoms with Crippen LogP contribution in [0.1, 0.15) is 46.9 Å². The van der Waals surface area contributed by atoms with Crippen molar-refractivity contribution in [3.63, 3.8) is 0 Å². The summed E-state index contributed by atoms with van der Waals surface area (Å²) in [4.78, 5) is 19.5. The minimum Gasteiger partial charge on any atom is -0.486 e. The highest BCUT2D eigenvalue weighted by Crippen LogP contribution is 2.28. The van der Waals surface area contributed by atoms with Crippen LogP contribution in [0, 0.1) is 0 Å². The summed E-state index contributed by atoms with van der Waals surface area (Å²) < 4.78 is 6.88. The first-order valence-electron chi connectivity index (χ1n) is 9.93. The summed E-state index contributed by atoms with van der Waals surface area (Å²) >= 11 is 11.1. The summed E-state index contributed by atoms with van der Waals surface area (Å²) in [5.74, 6) is 0.606. The lowest BCUT2D eigenvalue weighted by Crippen LogP contribution is -2.37. The molecule has 0 aliphatic heterocycles. The van der Waals surface area contributed by atoms with Crippen molar-refractivity contribution in [2.45, 2.75) is 46.1 Å². The summed E-state index contributed by atoms with van der Waals surface area (Å²) in [6.45, 7) is 4.65. The van der Waals surface area contributed by atoms with Crippen LogP contribution in [0.5, 0.6) is 5.75 Å². The number of thiazole rings is 1. The first kappa shape index (κ1) is 23.7. The molecule has 0 spiro atoms. The van der Waals surface area contributed by atoms with Gasteiger partial charge in [-0.05, 0) is 49.7 Å². The van der Waals surface area contributed by atoms with E-state index in [1.807, 2.05) is 53.6 Å². The fraction of sp³-hybridized carbons (Fsp3) is 0.304. The smallest absolute Gasteiger partial charge is 0.254 e. The zero-order chi connectivity index (χ0) is 22.4. The summed E-state index contributed by atoms with van der Waals surface area (Å²) in [6, 6.07) is 12.9. The Bertz CT molecular complexity index is 1040. The van der Waals surface area contributed by atoms with Crippen molar-refractivity contribution < 1.29 is 14.6 Å². The SMILES string of the molecule is CC[C@@H](C)N(Cc1cc(Cl)ccc1OCc1nc(CO)cs1)C(=O)c1cccc(Br)c1. The number of hydrogen-bond acceptors (Lipinski definition) is 5. The van der Waals surface area contributed by atoms with Crippen molar-refractivity contribution in [3.8, 4) is 5.75 Å². The van der Waals surface area contributed by atoms with Crippen LogP contribution in [0.3, 0.4) is 0 Å². The van der Waals surface area contributed by atoms with E-state index in [0.29, 0.717) is 28.6 Å². The van der Waals surface area contributed by atoms with Crippen molar-refractivity contribution >= 4 is 44.8 Å². The molecule has 1 N–H and O–H groups in total. The number of ether oxygens (including phenoxy) is 1. The molecule has 0 bridgehead atoms. The van der Waals surface area contributed by atoms with Crippen LogP contribution in [0.25, 0.3) is 0 Å². The van der Waals surface area contributed by atoms with Gasteiger partial charge in [-0.15, -0.1) is 11.3 Å². The number of carbonyl (C=O) groups is 1. The highest BCUT2D eigenvalue weighted by Gasteiger charge is 2.23. The van der Waals surface area contributed by atoms with Crippen molar-refractivity contribution in [2.75, 3.05) is 0 Å². The number of aromatic nitrogens is 1. The van der Waals surface area contributed by atoms with Crippen LogP contribution in [-0.4, -0.2) is 26.9 Å². The van der Waals surface area contributed by atoms with E-state index >= 15 is 0 Å². The Hall–Kier alpha value is -1.93. The lowest BCUT2D eigenvalue weighted by atomic mass is 10.1. The van der Waals surface area contributed by atoms with E-state index in [4.69, 9.17) is 16.3 Å². The lowest BCUT2D eigenvalue weighted by molar-refractivity contribution is 0.0669. The molecule has 1 atom stereocenters. The first-order chi connectivity index (χ1) is 14.9. The number of nitrogens with zero attached hydrogens (tertiary/aromatic N) is 2. The van der Waals surface area contributed by atoms with Gasteiger partial charge < -0.3 is 14.7 Å². The first-order valence-corrected chi connectivity index (χ1v) is 12.0. The number of aliphatic hydroxyl groups is 1. The van der Waals surface area contributed by atoms with Gasteiger partial charge in [0.1, 0.15) is 17.4 Å². The van der Waals surface area contributed by atoms with Crippen molar-refractivity contribution in [1.82, 2.24) is 9.88 Å². The van der Waals surface area contributed by atoms with Crippen molar-refractivity contribution in [2.24, 2.45) is 0 Å². The minimum absolute atomic E-state index is 0.0318. The molecule has 2 aromatic carbocycles. The third-order valence-electron chi connectivity index (χ3n) is 4.93. The normalized spacial score (nSPS) is 11.9. The van der Waals surface area contributed by atoms with Gasteiger partial charge in [0.2, 0.25) is 0 Å². The van der Waals surface area contributed by atoms with Gasteiger partial charge in [-0.2, -0.15) is 0 Å². The molecule has 1 heterocycles. The molecule has 0 saturated heterocycles. The molecule has 8 heteroatoms. The van der Waals surface area contributed by atoms with Gasteiger partial charge in [0, 0.05) is 38.6 Å². The lowest BCUT2D eigenvalue weighted by Gasteiger charge is -2.29. The Kier molecular flexibility index (Phi) is 8.49. The maximum atomic E-state index is 13.3. The largest absolute Gasteiger partial charge is 0.486 e. The molecule has 0 aliphatic rings. The summed E-state index contributed by atoms with van der Waals surface area (Å²) in [7, 11) is 0. The number of hydrogen-bond donors (Lipinski definition) is 1. The average molecular weight is 524 g/mol. The summed E-state index contributed by atoms with van der Waals surface area (Å²) in [6.07, 6.45) is 0.819. The number of benzene rings is 2. The molecule has 0 saturated carbocycles. The van der Waals surface area contributed by atoms with Crippen molar-refractivity contribution in [3.05, 3.63) is 79.2 Å². The third kappa shape index (κ3) is 6.29. The predicted octanol–water partition coefficient (Wildman–Crippen LogP) is 6.07. The fourth-order valence-corrected chi connectivity index (χ4v) is 4.35. The van der Waals surface area contributed by atoms with Gasteiger partial charge in [-0.3, -0.25) is 4.79 Å². The highest BCUT2D eigenvalue weighted by atomic mass is 79.9. The molecule has 1 amide bonds. The van der Waals surface area contributed by atoms with Gasteiger partial charge in [0.25, 0.3) is 5.91 Å². The van der Waals surface area contributed by atoms with E-state index in [9.17, 15) is 9.90 Å². The van der Waals surface area contributed by atoms with Crippen LogP contribution in [0.4, 0.5) is 0 Å². The Morgan fingerprint density at radius 3 is 2.81 bits per heavy atom. The minimum atomic E-state index is -0.0930. The van der Waals surface area contributed by atoms with Crippen LogP contribution in [-0.2, 0) is 19.8 Å². The van der Waals surface area contributed by atoms with Gasteiger partial charge in [0.15, 0.2) is 0 Å². The topological polar surface area (TPSA) is 62.7 Å². The van der Waals surface area contributed by atoms with Crippen LogP contribution < -0.4 is 4.74 Å². The van der Waals surface area contributed by atoms with Crippen LogP contribution in [0.15, 0.2) is 52.3 Å². The van der Waals surface area contributed by atoms with E-state index in [2.05, 4.69) is 27.8 Å². The second-order valence-electron chi connectivity index (χ2n) is 7.13. The van der Waals surface area contributed by atoms with E-state index in [1.165, 1.54) is 11.3 Å². The molecular formula is C23H24BrClN2O3S. The van der Waals surface area contributed by atoms with Gasteiger partial charge in [0.05, 0.1) is 12.3 Å². The Morgan fingerprint density at radius 2 is 2.13 bits per heavy atom. The molecule has 164 valence electrons. The second kappa shape index (κ2) is 11.1. The van der Waals surface area contributed by atoms with E-state index < -0.39 is 0 Å². The second-order valence-corrected chi connectivity index (χ2v) is 9.43. The monoisotopic (exact) mass is 522 g/mol. The van der Waals surface area contributed by atoms with Crippen LogP contribution >= 0.6 is 38.9 Å². The molecular weight excluding hydrogens is 500 g/mol. The molecule has 3 aromatic rings. The molecule has 3 rings (SSSR count). The van der Waals surface area contributed by atoms with Gasteiger partial charge in [-0.1, -0.05) is 40.5 Å². The maximum Gasteiger partial charge on any atom is 0.254 e. The highest BCUT2D eigenvalue weighted by molar-refractivity contribution is 9.10. The average Bonchev–Trinajstić information content (AvgIpc) is 3.24. The van der Waals surface area contributed by atoms with E-state index in [-0.39, 0.29) is 25.2 Å². The predicted molar refractivity (Wildman–Crippen MR) is 128 cm³/mol. The number of aliphatic hydroxyl groups excluding tert-OH is 1. The molecule has 0 fully saturated rings. The molecule has 0 aliphatic carbocycles. The molecule has 1 aromatic heterocycles. The summed E-state index contributed by atoms with van der Waals surface area (Å²) in [5.41, 5.74) is 2.08. The summed E-state index contributed by atoms with van der Waals surface area (Å²) in [5, 5.41) is 12.4. The van der Waals surface area contributed by atoms with E-state index in [0.717, 1.165) is 21.5 Å². The fourth-order valence-electron chi connectivity index (χ4n) is 3.06.